The summed E-state index contributed by atoms with van der Waals surface area (Å²) in [4.78, 5) is 39.9. The zero-order chi connectivity index (χ0) is 24.8. The quantitative estimate of drug-likeness (QED) is 0.434. The number of amides is 3. The molecular formula is C26H30BrN3O4. The molecule has 2 aromatic rings. The van der Waals surface area contributed by atoms with Crippen molar-refractivity contribution in [2.75, 3.05) is 18.5 Å². The van der Waals surface area contributed by atoms with Crippen LogP contribution in [-0.2, 0) is 9.53 Å². The molecule has 0 bridgehead atoms. The van der Waals surface area contributed by atoms with E-state index in [2.05, 4.69) is 26.6 Å². The zero-order valence-corrected chi connectivity index (χ0v) is 21.4. The first-order valence-corrected chi connectivity index (χ1v) is 12.1. The predicted octanol–water partition coefficient (Wildman–Crippen LogP) is 5.65. The summed E-state index contributed by atoms with van der Waals surface area (Å²) in [7, 11) is 0. The minimum absolute atomic E-state index is 0.196. The van der Waals surface area contributed by atoms with E-state index in [1.165, 1.54) is 0 Å². The second-order valence-electron chi connectivity index (χ2n) is 8.61. The summed E-state index contributed by atoms with van der Waals surface area (Å²) in [6.45, 7) is 8.50. The van der Waals surface area contributed by atoms with Crippen molar-refractivity contribution in [2.24, 2.45) is 5.92 Å². The number of urea groups is 1. The average molecular weight is 528 g/mol. The van der Waals surface area contributed by atoms with E-state index in [-0.39, 0.29) is 17.9 Å². The third-order valence-corrected chi connectivity index (χ3v) is 5.95. The van der Waals surface area contributed by atoms with Crippen LogP contribution in [-0.4, -0.2) is 36.0 Å². The summed E-state index contributed by atoms with van der Waals surface area (Å²) < 4.78 is 6.42. The first-order valence-electron chi connectivity index (χ1n) is 11.3. The van der Waals surface area contributed by atoms with Crippen LogP contribution in [0.25, 0.3) is 0 Å². The SMILES string of the molecule is CCCN1C(=O)NC(c2ccc(NC(=O)c3ccc(Br)cc3)cc2)C(C(=O)OCC(C)C)=C1C. The number of rotatable bonds is 8. The van der Waals surface area contributed by atoms with Gasteiger partial charge in [0.15, 0.2) is 0 Å². The van der Waals surface area contributed by atoms with E-state index >= 15 is 0 Å². The van der Waals surface area contributed by atoms with Crippen molar-refractivity contribution in [2.45, 2.75) is 40.2 Å². The van der Waals surface area contributed by atoms with Crippen molar-refractivity contribution in [3.05, 3.63) is 75.4 Å². The van der Waals surface area contributed by atoms with Crippen LogP contribution in [0.2, 0.25) is 0 Å². The maximum absolute atomic E-state index is 13.0. The number of allylic oxidation sites excluding steroid dienone is 1. The molecule has 1 heterocycles. The first kappa shape index (κ1) is 25.5. The summed E-state index contributed by atoms with van der Waals surface area (Å²) in [6.07, 6.45) is 0.760. The summed E-state index contributed by atoms with van der Waals surface area (Å²) in [5, 5.41) is 5.81. The molecule has 0 aromatic heterocycles. The van der Waals surface area contributed by atoms with Gasteiger partial charge < -0.3 is 15.4 Å². The van der Waals surface area contributed by atoms with Crippen molar-refractivity contribution in [3.63, 3.8) is 0 Å². The van der Waals surface area contributed by atoms with Crippen LogP contribution >= 0.6 is 15.9 Å². The van der Waals surface area contributed by atoms with Crippen LogP contribution in [0.3, 0.4) is 0 Å². The molecule has 3 rings (SSSR count). The van der Waals surface area contributed by atoms with E-state index in [9.17, 15) is 14.4 Å². The Bertz CT molecular complexity index is 1080. The molecule has 3 amide bonds. The van der Waals surface area contributed by atoms with Crippen LogP contribution in [0.5, 0.6) is 0 Å². The number of anilines is 1. The second-order valence-corrected chi connectivity index (χ2v) is 9.52. The zero-order valence-electron chi connectivity index (χ0n) is 19.9. The van der Waals surface area contributed by atoms with E-state index in [1.807, 2.05) is 20.8 Å². The molecule has 180 valence electrons. The number of nitrogens with one attached hydrogen (secondary N) is 2. The molecule has 8 heteroatoms. The molecule has 1 unspecified atom stereocenters. The number of ether oxygens (including phenoxy) is 1. The van der Waals surface area contributed by atoms with Crippen molar-refractivity contribution in [1.29, 1.82) is 0 Å². The van der Waals surface area contributed by atoms with Crippen molar-refractivity contribution < 1.29 is 19.1 Å². The molecule has 34 heavy (non-hydrogen) atoms. The highest BCUT2D eigenvalue weighted by molar-refractivity contribution is 9.10. The molecule has 0 aliphatic carbocycles. The number of carbonyl (C=O) groups is 3. The molecule has 0 fully saturated rings. The minimum atomic E-state index is -0.642. The van der Waals surface area contributed by atoms with Gasteiger partial charge in [-0.15, -0.1) is 0 Å². The fraction of sp³-hybridized carbons (Fsp3) is 0.346. The molecule has 0 radical (unpaired) electrons. The largest absolute Gasteiger partial charge is 0.462 e. The van der Waals surface area contributed by atoms with Crippen LogP contribution in [0.1, 0.15) is 56.1 Å². The Morgan fingerprint density at radius 2 is 1.76 bits per heavy atom. The lowest BCUT2D eigenvalue weighted by molar-refractivity contribution is -0.140. The second kappa shape index (κ2) is 11.3. The highest BCUT2D eigenvalue weighted by atomic mass is 79.9. The minimum Gasteiger partial charge on any atom is -0.462 e. The number of esters is 1. The standard InChI is InChI=1S/C26H30BrN3O4/c1-5-14-30-17(4)22(25(32)34-15-16(2)3)23(29-26(30)33)18-8-12-21(13-9-18)28-24(31)19-6-10-20(27)11-7-19/h6-13,16,23H,5,14-15H2,1-4H3,(H,28,31)(H,29,33). The number of hydrogen-bond donors (Lipinski definition) is 2. The maximum Gasteiger partial charge on any atom is 0.338 e. The van der Waals surface area contributed by atoms with Gasteiger partial charge in [0.25, 0.3) is 5.91 Å². The van der Waals surface area contributed by atoms with Crippen LogP contribution in [0, 0.1) is 5.92 Å². The van der Waals surface area contributed by atoms with E-state index in [0.717, 1.165) is 16.5 Å². The van der Waals surface area contributed by atoms with Gasteiger partial charge in [0, 0.05) is 28.0 Å². The molecule has 1 atom stereocenters. The smallest absolute Gasteiger partial charge is 0.338 e. The van der Waals surface area contributed by atoms with E-state index in [1.54, 1.807) is 60.4 Å². The Morgan fingerprint density at radius 1 is 1.12 bits per heavy atom. The maximum atomic E-state index is 13.0. The lowest BCUT2D eigenvalue weighted by Crippen LogP contribution is -2.48. The third kappa shape index (κ3) is 6.05. The van der Waals surface area contributed by atoms with Gasteiger partial charge in [0.1, 0.15) is 0 Å². The third-order valence-electron chi connectivity index (χ3n) is 5.42. The van der Waals surface area contributed by atoms with Crippen LogP contribution in [0.4, 0.5) is 10.5 Å². The first-order chi connectivity index (χ1) is 16.2. The highest BCUT2D eigenvalue weighted by Gasteiger charge is 2.36. The highest BCUT2D eigenvalue weighted by Crippen LogP contribution is 2.32. The number of benzene rings is 2. The molecule has 0 saturated carbocycles. The van der Waals surface area contributed by atoms with Gasteiger partial charge in [-0.25, -0.2) is 9.59 Å². The molecule has 2 aromatic carbocycles. The summed E-state index contributed by atoms with van der Waals surface area (Å²) >= 11 is 3.36. The molecule has 1 aliphatic heterocycles. The van der Waals surface area contributed by atoms with Crippen molar-refractivity contribution in [1.82, 2.24) is 10.2 Å². The fourth-order valence-corrected chi connectivity index (χ4v) is 3.94. The van der Waals surface area contributed by atoms with Crippen molar-refractivity contribution in [3.8, 4) is 0 Å². The number of nitrogens with zero attached hydrogens (tertiary/aromatic N) is 1. The molecular weight excluding hydrogens is 498 g/mol. The lowest BCUT2D eigenvalue weighted by atomic mass is 9.94. The Hall–Kier alpha value is -3.13. The van der Waals surface area contributed by atoms with Gasteiger partial charge in [0.05, 0.1) is 18.2 Å². The lowest BCUT2D eigenvalue weighted by Gasteiger charge is -2.35. The van der Waals surface area contributed by atoms with Gasteiger partial charge in [-0.05, 0) is 61.2 Å². The summed E-state index contributed by atoms with van der Waals surface area (Å²) in [6, 6.07) is 13.3. The normalized spacial score (nSPS) is 15.9. The fourth-order valence-electron chi connectivity index (χ4n) is 3.67. The van der Waals surface area contributed by atoms with Gasteiger partial charge in [-0.2, -0.15) is 0 Å². The Labute approximate surface area is 208 Å². The molecule has 2 N–H and O–H groups in total. The van der Waals surface area contributed by atoms with Crippen LogP contribution in [0.15, 0.2) is 64.3 Å². The average Bonchev–Trinajstić information content (AvgIpc) is 2.80. The predicted molar refractivity (Wildman–Crippen MR) is 135 cm³/mol. The van der Waals surface area contributed by atoms with Gasteiger partial charge >= 0.3 is 12.0 Å². The van der Waals surface area contributed by atoms with E-state index in [0.29, 0.717) is 35.7 Å². The molecule has 0 spiro atoms. The van der Waals surface area contributed by atoms with Gasteiger partial charge in [0.2, 0.25) is 0 Å². The number of hydrogen-bond acceptors (Lipinski definition) is 4. The number of carbonyl (C=O) groups excluding carboxylic acids is 3. The van der Waals surface area contributed by atoms with Gasteiger partial charge in [-0.1, -0.05) is 48.8 Å². The van der Waals surface area contributed by atoms with Crippen molar-refractivity contribution >= 4 is 39.5 Å². The Kier molecular flexibility index (Phi) is 8.50. The van der Waals surface area contributed by atoms with Crippen LogP contribution < -0.4 is 10.6 Å². The summed E-state index contributed by atoms with van der Waals surface area (Å²) in [5.41, 5.74) is 2.88. The molecule has 0 saturated heterocycles. The Morgan fingerprint density at radius 3 is 2.35 bits per heavy atom. The molecule has 7 nitrogen and oxygen atoms in total. The van der Waals surface area contributed by atoms with E-state index < -0.39 is 12.0 Å². The van der Waals surface area contributed by atoms with E-state index in [4.69, 9.17) is 4.74 Å². The number of halogens is 1. The summed E-state index contributed by atoms with van der Waals surface area (Å²) in [5.74, 6) is -0.470. The monoisotopic (exact) mass is 527 g/mol. The molecule has 1 aliphatic rings. The Balaban J connectivity index is 1.85. The topological polar surface area (TPSA) is 87.7 Å². The van der Waals surface area contributed by atoms with Gasteiger partial charge in [-0.3, -0.25) is 9.69 Å².